The maximum atomic E-state index is 10.9. The normalized spacial score (nSPS) is 21.7. The minimum Gasteiger partial charge on any atom is -0.485 e. The Morgan fingerprint density at radius 3 is 2.79 bits per heavy atom. The second-order valence-corrected chi connectivity index (χ2v) is 6.16. The SMILES string of the molecule is C=CCN(C(C)=NC#N)C1c2cc(C#N)ccc2OC(C)(C)C1O. The lowest BCUT2D eigenvalue weighted by Crippen LogP contribution is -2.54. The Morgan fingerprint density at radius 2 is 2.21 bits per heavy atom. The highest BCUT2D eigenvalue weighted by molar-refractivity contribution is 5.81. The summed E-state index contributed by atoms with van der Waals surface area (Å²) in [5.41, 5.74) is 0.330. The number of hydrogen-bond acceptors (Lipinski definition) is 5. The van der Waals surface area contributed by atoms with Crippen LogP contribution in [0, 0.1) is 22.8 Å². The molecule has 1 aromatic rings. The van der Waals surface area contributed by atoms with Gasteiger partial charge in [0.15, 0.2) is 0 Å². The van der Waals surface area contributed by atoms with Gasteiger partial charge in [0, 0.05) is 12.1 Å². The number of aliphatic imine (C=N–C) groups is 1. The Kier molecular flexibility index (Phi) is 4.92. The van der Waals surface area contributed by atoms with E-state index in [-0.39, 0.29) is 0 Å². The fourth-order valence-electron chi connectivity index (χ4n) is 2.90. The Morgan fingerprint density at radius 1 is 1.50 bits per heavy atom. The number of aliphatic hydroxyl groups is 1. The molecule has 2 rings (SSSR count). The summed E-state index contributed by atoms with van der Waals surface area (Å²) in [4.78, 5) is 5.60. The van der Waals surface area contributed by atoms with E-state index in [1.807, 2.05) is 0 Å². The van der Waals surface area contributed by atoms with Crippen molar-refractivity contribution in [3.8, 4) is 18.0 Å². The van der Waals surface area contributed by atoms with E-state index in [0.717, 1.165) is 0 Å². The highest BCUT2D eigenvalue weighted by Gasteiger charge is 2.45. The number of ether oxygens (including phenoxy) is 1. The molecule has 124 valence electrons. The summed E-state index contributed by atoms with van der Waals surface area (Å²) in [7, 11) is 0. The van der Waals surface area contributed by atoms with Gasteiger partial charge in [0.2, 0.25) is 6.19 Å². The van der Waals surface area contributed by atoms with Gasteiger partial charge < -0.3 is 14.7 Å². The topological polar surface area (TPSA) is 92.6 Å². The van der Waals surface area contributed by atoms with Crippen molar-refractivity contribution < 1.29 is 9.84 Å². The maximum Gasteiger partial charge on any atom is 0.207 e. The standard InChI is InChI=1S/C18H20N4O2/c1-5-8-22(12(2)21-11-20)16-14-9-13(10-19)6-7-15(14)24-18(3,4)17(16)23/h5-7,9,16-17,23H,1,8H2,2-4H3. The average molecular weight is 324 g/mol. The molecule has 0 amide bonds. The zero-order chi connectivity index (χ0) is 17.9. The van der Waals surface area contributed by atoms with Crippen molar-refractivity contribution in [1.82, 2.24) is 4.90 Å². The first-order chi connectivity index (χ1) is 11.4. The summed E-state index contributed by atoms with van der Waals surface area (Å²) in [6, 6.07) is 6.71. The molecular formula is C18H20N4O2. The first-order valence-electron chi connectivity index (χ1n) is 7.57. The summed E-state index contributed by atoms with van der Waals surface area (Å²) in [6.07, 6.45) is 2.57. The van der Waals surface area contributed by atoms with Crippen molar-refractivity contribution in [1.29, 1.82) is 10.5 Å². The number of hydrogen-bond donors (Lipinski definition) is 1. The minimum atomic E-state index is -0.886. The molecule has 0 bridgehead atoms. The molecular weight excluding hydrogens is 304 g/mol. The fourth-order valence-corrected chi connectivity index (χ4v) is 2.90. The van der Waals surface area contributed by atoms with Crippen LogP contribution in [0.1, 0.15) is 37.9 Å². The van der Waals surface area contributed by atoms with Crippen molar-refractivity contribution in [3.63, 3.8) is 0 Å². The van der Waals surface area contributed by atoms with Crippen LogP contribution in [-0.4, -0.2) is 34.1 Å². The molecule has 1 heterocycles. The zero-order valence-corrected chi connectivity index (χ0v) is 14.0. The Balaban J connectivity index is 2.65. The van der Waals surface area contributed by atoms with Gasteiger partial charge in [-0.05, 0) is 39.0 Å². The van der Waals surface area contributed by atoms with Crippen molar-refractivity contribution in [2.45, 2.75) is 38.5 Å². The lowest BCUT2D eigenvalue weighted by Gasteiger charge is -2.46. The van der Waals surface area contributed by atoms with E-state index in [9.17, 15) is 10.4 Å². The largest absolute Gasteiger partial charge is 0.485 e. The molecule has 1 N–H and O–H groups in total. The van der Waals surface area contributed by atoms with E-state index in [1.54, 1.807) is 56.1 Å². The van der Waals surface area contributed by atoms with E-state index in [4.69, 9.17) is 10.00 Å². The third-order valence-electron chi connectivity index (χ3n) is 4.13. The second-order valence-electron chi connectivity index (χ2n) is 6.16. The van der Waals surface area contributed by atoms with Crippen LogP contribution in [0.4, 0.5) is 0 Å². The molecule has 0 saturated heterocycles. The van der Waals surface area contributed by atoms with Gasteiger partial charge in [-0.15, -0.1) is 6.58 Å². The molecule has 2 unspecified atom stereocenters. The molecule has 6 heteroatoms. The molecule has 2 atom stereocenters. The first-order valence-corrected chi connectivity index (χ1v) is 7.57. The van der Waals surface area contributed by atoms with Gasteiger partial charge in [-0.2, -0.15) is 15.5 Å². The number of nitriles is 2. The van der Waals surface area contributed by atoms with Crippen LogP contribution in [-0.2, 0) is 0 Å². The summed E-state index contributed by atoms with van der Waals surface area (Å²) in [5, 5.41) is 29.0. The number of nitrogens with zero attached hydrogens (tertiary/aromatic N) is 4. The predicted octanol–water partition coefficient (Wildman–Crippen LogP) is 2.52. The molecule has 1 aliphatic heterocycles. The minimum absolute atomic E-state index is 0.394. The Bertz CT molecular complexity index is 755. The van der Waals surface area contributed by atoms with Gasteiger partial charge in [-0.3, -0.25) is 0 Å². The van der Waals surface area contributed by atoms with E-state index < -0.39 is 17.7 Å². The third-order valence-corrected chi connectivity index (χ3v) is 4.13. The monoisotopic (exact) mass is 324 g/mol. The van der Waals surface area contributed by atoms with Gasteiger partial charge in [-0.25, -0.2) is 0 Å². The van der Waals surface area contributed by atoms with Gasteiger partial charge in [0.25, 0.3) is 0 Å². The van der Waals surface area contributed by atoms with Crippen LogP contribution in [0.25, 0.3) is 0 Å². The third kappa shape index (κ3) is 3.10. The summed E-state index contributed by atoms with van der Waals surface area (Å²) in [5.74, 6) is 1.07. The van der Waals surface area contributed by atoms with Crippen LogP contribution in [0.2, 0.25) is 0 Å². The zero-order valence-electron chi connectivity index (χ0n) is 14.0. The van der Waals surface area contributed by atoms with Crippen molar-refractivity contribution in [2.75, 3.05) is 6.54 Å². The van der Waals surface area contributed by atoms with E-state index >= 15 is 0 Å². The highest BCUT2D eigenvalue weighted by Crippen LogP contribution is 2.43. The van der Waals surface area contributed by atoms with Crippen molar-refractivity contribution in [3.05, 3.63) is 42.0 Å². The molecule has 24 heavy (non-hydrogen) atoms. The highest BCUT2D eigenvalue weighted by atomic mass is 16.5. The molecule has 0 saturated carbocycles. The van der Waals surface area contributed by atoms with E-state index in [0.29, 0.717) is 29.3 Å². The maximum absolute atomic E-state index is 10.9. The predicted molar refractivity (Wildman–Crippen MR) is 90.2 cm³/mol. The summed E-state index contributed by atoms with van der Waals surface area (Å²) >= 11 is 0. The van der Waals surface area contributed by atoms with Gasteiger partial charge in [0.05, 0.1) is 17.7 Å². The molecule has 6 nitrogen and oxygen atoms in total. The number of fused-ring (bicyclic) bond motifs is 1. The first kappa shape index (κ1) is 17.5. The smallest absolute Gasteiger partial charge is 0.207 e. The van der Waals surface area contributed by atoms with E-state index in [1.165, 1.54) is 0 Å². The summed E-state index contributed by atoms with van der Waals surface area (Å²) < 4.78 is 5.91. The van der Waals surface area contributed by atoms with Crippen molar-refractivity contribution in [2.24, 2.45) is 4.99 Å². The van der Waals surface area contributed by atoms with Crippen LogP contribution in [0.3, 0.4) is 0 Å². The van der Waals surface area contributed by atoms with Crippen molar-refractivity contribution >= 4 is 5.84 Å². The molecule has 1 aliphatic rings. The van der Waals surface area contributed by atoms with Gasteiger partial charge in [0.1, 0.15) is 23.3 Å². The molecule has 0 radical (unpaired) electrons. The molecule has 0 aliphatic carbocycles. The van der Waals surface area contributed by atoms with Crippen LogP contribution in [0.15, 0.2) is 35.8 Å². The van der Waals surface area contributed by atoms with Gasteiger partial charge in [-0.1, -0.05) is 6.08 Å². The Labute approximate surface area is 141 Å². The number of aliphatic hydroxyl groups excluding tert-OH is 1. The van der Waals surface area contributed by atoms with Crippen LogP contribution in [0.5, 0.6) is 5.75 Å². The van der Waals surface area contributed by atoms with Gasteiger partial charge >= 0.3 is 0 Å². The molecule has 0 spiro atoms. The number of rotatable bonds is 3. The Hall–Kier alpha value is -2.83. The van der Waals surface area contributed by atoms with Crippen LogP contribution < -0.4 is 4.74 Å². The molecule has 1 aromatic carbocycles. The lowest BCUT2D eigenvalue weighted by molar-refractivity contribution is -0.0803. The average Bonchev–Trinajstić information content (AvgIpc) is 2.54. The number of amidine groups is 1. The number of benzene rings is 1. The molecule has 0 fully saturated rings. The second kappa shape index (κ2) is 6.74. The van der Waals surface area contributed by atoms with E-state index in [2.05, 4.69) is 17.6 Å². The summed E-state index contributed by atoms with van der Waals surface area (Å²) in [6.45, 7) is 9.44. The lowest BCUT2D eigenvalue weighted by atomic mass is 9.85. The molecule has 0 aromatic heterocycles. The van der Waals surface area contributed by atoms with Crippen LogP contribution >= 0.6 is 0 Å². The fraction of sp³-hybridized carbons (Fsp3) is 0.389. The quantitative estimate of drug-likeness (QED) is 0.399.